The first-order valence-electron chi connectivity index (χ1n) is 13.5. The summed E-state index contributed by atoms with van der Waals surface area (Å²) in [5, 5.41) is -0.913. The van der Waals surface area contributed by atoms with Gasteiger partial charge in [-0.05, 0) is 59.8 Å². The van der Waals surface area contributed by atoms with E-state index in [-0.39, 0.29) is 41.9 Å². The van der Waals surface area contributed by atoms with Crippen molar-refractivity contribution < 1.29 is 44.9 Å². The van der Waals surface area contributed by atoms with Gasteiger partial charge < -0.3 is 14.2 Å². The van der Waals surface area contributed by atoms with Gasteiger partial charge in [-0.3, -0.25) is 0 Å². The first kappa shape index (κ1) is 32.9. The number of halogens is 7. The van der Waals surface area contributed by atoms with Crippen molar-refractivity contribution in [1.29, 1.82) is 0 Å². The third-order valence-electron chi connectivity index (χ3n) is 6.18. The number of hydrogen-bond acceptors (Lipinski definition) is 3. The third-order valence-corrected chi connectivity index (χ3v) is 6.18. The van der Waals surface area contributed by atoms with Crippen LogP contribution in [0.1, 0.15) is 45.1 Å². The van der Waals surface area contributed by atoms with Crippen molar-refractivity contribution in [2.24, 2.45) is 5.92 Å². The Morgan fingerprint density at radius 2 is 1.31 bits per heavy atom. The van der Waals surface area contributed by atoms with Gasteiger partial charge in [-0.1, -0.05) is 39.8 Å². The Morgan fingerprint density at radius 3 is 1.90 bits per heavy atom. The van der Waals surface area contributed by atoms with Crippen LogP contribution in [-0.4, -0.2) is 19.8 Å². The number of ether oxygens (including phenoxy) is 3. The van der Waals surface area contributed by atoms with Gasteiger partial charge in [0.05, 0.1) is 25.2 Å². The molecule has 4 aromatic carbocycles. The van der Waals surface area contributed by atoms with E-state index in [1.807, 2.05) is 27.7 Å². The highest BCUT2D eigenvalue weighted by Gasteiger charge is 2.27. The molecule has 0 radical (unpaired) electrons. The Bertz CT molecular complexity index is 1510. The summed E-state index contributed by atoms with van der Waals surface area (Å²) in [4.78, 5) is 0. The van der Waals surface area contributed by atoms with Gasteiger partial charge in [-0.2, -0.15) is 0 Å². The quantitative estimate of drug-likeness (QED) is 0.170. The van der Waals surface area contributed by atoms with E-state index in [9.17, 15) is 30.7 Å². The topological polar surface area (TPSA) is 27.7 Å². The fraction of sp³-hybridized carbons (Fsp3) is 0.312. The van der Waals surface area contributed by atoms with Crippen LogP contribution in [0.3, 0.4) is 0 Å². The highest BCUT2D eigenvalue weighted by Crippen LogP contribution is 2.34. The first-order chi connectivity index (χ1) is 20.1. The van der Waals surface area contributed by atoms with E-state index in [0.29, 0.717) is 11.6 Å². The number of fused-ring (bicyclic) bond motifs is 1. The largest absolute Gasteiger partial charge is 0.487 e. The van der Waals surface area contributed by atoms with Crippen LogP contribution in [-0.2, 0) is 9.47 Å². The van der Waals surface area contributed by atoms with Crippen molar-refractivity contribution in [3.05, 3.63) is 100 Å². The van der Waals surface area contributed by atoms with Gasteiger partial charge >= 0.3 is 0 Å². The summed E-state index contributed by atoms with van der Waals surface area (Å²) in [7, 11) is 0. The van der Waals surface area contributed by atoms with E-state index < -0.39 is 64.1 Å². The number of rotatable bonds is 5. The normalized spacial score (nSPS) is 16.3. The van der Waals surface area contributed by atoms with Gasteiger partial charge in [0.2, 0.25) is 0 Å². The van der Waals surface area contributed by atoms with Gasteiger partial charge in [-0.25, -0.2) is 30.7 Å². The Morgan fingerprint density at radius 1 is 0.690 bits per heavy atom. The maximum atomic E-state index is 14.6. The zero-order chi connectivity index (χ0) is 31.1. The molecule has 1 fully saturated rings. The van der Waals surface area contributed by atoms with Crippen molar-refractivity contribution in [2.45, 2.75) is 40.9 Å². The molecule has 0 N–H and O–H groups in total. The second kappa shape index (κ2) is 14.5. The van der Waals surface area contributed by atoms with Crippen molar-refractivity contribution in [2.75, 3.05) is 19.8 Å². The van der Waals surface area contributed by atoms with E-state index in [0.717, 1.165) is 18.2 Å². The molecule has 1 aliphatic heterocycles. The molecule has 0 saturated carbocycles. The smallest absolute Gasteiger partial charge is 0.195 e. The van der Waals surface area contributed by atoms with Gasteiger partial charge in [-0.15, -0.1) is 0 Å². The van der Waals surface area contributed by atoms with Crippen molar-refractivity contribution >= 4 is 10.8 Å². The molecule has 3 nitrogen and oxygen atoms in total. The molecule has 0 bridgehead atoms. The average Bonchev–Trinajstić information content (AvgIpc) is 2.97. The number of benzene rings is 4. The Balaban J connectivity index is 0.00000116. The monoisotopic (exact) mass is 596 g/mol. The molecular weight excluding hydrogens is 565 g/mol. The summed E-state index contributed by atoms with van der Waals surface area (Å²) in [6, 6.07) is 9.04. The lowest BCUT2D eigenvalue weighted by Crippen LogP contribution is -2.31. The lowest BCUT2D eigenvalue weighted by Gasteiger charge is -2.29. The second-order valence-electron chi connectivity index (χ2n) is 9.02. The summed E-state index contributed by atoms with van der Waals surface area (Å²) in [6.45, 7) is 9.48. The van der Waals surface area contributed by atoms with E-state index in [1.165, 1.54) is 18.2 Å². The lowest BCUT2D eigenvalue weighted by molar-refractivity contribution is -0.208. The lowest BCUT2D eigenvalue weighted by atomic mass is 10.0. The van der Waals surface area contributed by atoms with E-state index in [2.05, 4.69) is 0 Å². The number of hydrogen-bond donors (Lipinski definition) is 0. The fourth-order valence-corrected chi connectivity index (χ4v) is 4.29. The summed E-state index contributed by atoms with van der Waals surface area (Å²) < 4.78 is 115. The SMILES string of the molecule is CC.CC.Cc1ccc(-c2cc(F)c(OCC3COC(c4cc(F)c5c(F)c(F)c(F)cc5c4)OC3)c(F)c2)c(F)c1. The zero-order valence-corrected chi connectivity index (χ0v) is 23.8. The van der Waals surface area contributed by atoms with Crippen LogP contribution < -0.4 is 4.74 Å². The molecular formula is C32H31F7O3. The average molecular weight is 597 g/mol. The predicted molar refractivity (Wildman–Crippen MR) is 147 cm³/mol. The second-order valence-corrected chi connectivity index (χ2v) is 9.02. The van der Waals surface area contributed by atoms with Gasteiger partial charge in [0.1, 0.15) is 11.6 Å². The maximum absolute atomic E-state index is 14.6. The molecule has 0 aliphatic carbocycles. The van der Waals surface area contributed by atoms with Crippen LogP contribution in [0.4, 0.5) is 30.7 Å². The molecule has 42 heavy (non-hydrogen) atoms. The van der Waals surface area contributed by atoms with Crippen molar-refractivity contribution in [1.82, 2.24) is 0 Å². The minimum Gasteiger partial charge on any atom is -0.487 e. The van der Waals surface area contributed by atoms with Gasteiger partial charge in [0, 0.05) is 17.0 Å². The van der Waals surface area contributed by atoms with Crippen LogP contribution in [0.15, 0.2) is 48.5 Å². The van der Waals surface area contributed by atoms with E-state index in [1.54, 1.807) is 13.0 Å². The molecule has 0 amide bonds. The van der Waals surface area contributed by atoms with E-state index >= 15 is 0 Å². The molecule has 0 aromatic heterocycles. The van der Waals surface area contributed by atoms with Crippen LogP contribution in [0.25, 0.3) is 21.9 Å². The molecule has 0 unspecified atom stereocenters. The minimum atomic E-state index is -1.78. The molecule has 0 atom stereocenters. The molecule has 226 valence electrons. The molecule has 1 heterocycles. The first-order valence-corrected chi connectivity index (χ1v) is 13.5. The highest BCUT2D eigenvalue weighted by atomic mass is 19.2. The zero-order valence-electron chi connectivity index (χ0n) is 23.8. The third kappa shape index (κ3) is 7.04. The predicted octanol–water partition coefficient (Wildman–Crippen LogP) is 9.58. The standard InChI is InChI=1S/C28H19F7O3.2C2H6/c1-13-2-3-18(19(29)4-13)15-6-22(32)27(23(33)7-15)36-10-14-11-37-28(38-12-14)17-5-16-8-21(31)25(34)26(35)24(16)20(30)9-17;2*1-2/h2-9,14,28H,10-12H2,1H3;2*1-2H3. The van der Waals surface area contributed by atoms with Gasteiger partial charge in [0.15, 0.2) is 41.1 Å². The van der Waals surface area contributed by atoms with Crippen molar-refractivity contribution in [3.63, 3.8) is 0 Å². The molecule has 0 spiro atoms. The Kier molecular flexibility index (Phi) is 11.4. The van der Waals surface area contributed by atoms with Crippen molar-refractivity contribution in [3.8, 4) is 16.9 Å². The summed E-state index contributed by atoms with van der Waals surface area (Å²) >= 11 is 0. The molecule has 1 aliphatic rings. The molecule has 1 saturated heterocycles. The summed E-state index contributed by atoms with van der Waals surface area (Å²) in [5.41, 5.74) is 0.828. The maximum Gasteiger partial charge on any atom is 0.195 e. The van der Waals surface area contributed by atoms with Crippen LogP contribution >= 0.6 is 0 Å². The Labute approximate surface area is 239 Å². The van der Waals surface area contributed by atoms with Crippen LogP contribution in [0, 0.1) is 53.6 Å². The molecule has 5 rings (SSSR count). The van der Waals surface area contributed by atoms with E-state index in [4.69, 9.17) is 14.2 Å². The Hall–Kier alpha value is -3.63. The highest BCUT2D eigenvalue weighted by molar-refractivity contribution is 5.84. The molecule has 4 aromatic rings. The minimum absolute atomic E-state index is 0.00758. The van der Waals surface area contributed by atoms with Crippen LogP contribution in [0.2, 0.25) is 0 Å². The summed E-state index contributed by atoms with van der Waals surface area (Å²) in [5.74, 6) is -9.75. The van der Waals surface area contributed by atoms with Crippen LogP contribution in [0.5, 0.6) is 5.75 Å². The fourth-order valence-electron chi connectivity index (χ4n) is 4.29. The number of aryl methyl sites for hydroxylation is 1. The molecule has 10 heteroatoms. The summed E-state index contributed by atoms with van der Waals surface area (Å²) in [6.07, 6.45) is -1.10. The van der Waals surface area contributed by atoms with Gasteiger partial charge in [0.25, 0.3) is 0 Å².